The molecule has 0 radical (unpaired) electrons. The normalized spacial score (nSPS) is 14.6. The Morgan fingerprint density at radius 3 is 2.16 bits per heavy atom. The van der Waals surface area contributed by atoms with Gasteiger partial charge in [0, 0.05) is 22.5 Å². The van der Waals surface area contributed by atoms with Gasteiger partial charge in [0.2, 0.25) is 5.91 Å². The van der Waals surface area contributed by atoms with Crippen molar-refractivity contribution in [3.8, 4) is 0 Å². The summed E-state index contributed by atoms with van der Waals surface area (Å²) in [6.45, 7) is 9.95. The topological polar surface area (TPSA) is 49.4 Å². The molecule has 1 N–H and O–H groups in total. The Kier molecular flexibility index (Phi) is 4.45. The summed E-state index contributed by atoms with van der Waals surface area (Å²) < 4.78 is 0. The molecule has 1 aliphatic rings. The number of hydrogen-bond acceptors (Lipinski definition) is 2. The van der Waals surface area contributed by atoms with E-state index in [1.807, 2.05) is 42.5 Å². The van der Waals surface area contributed by atoms with E-state index in [1.54, 1.807) is 13.0 Å². The van der Waals surface area contributed by atoms with Crippen LogP contribution in [0.3, 0.4) is 0 Å². The van der Waals surface area contributed by atoms with Crippen LogP contribution in [0.4, 0.5) is 5.69 Å². The molecule has 0 bridgehead atoms. The first-order valence-electron chi connectivity index (χ1n) is 8.43. The van der Waals surface area contributed by atoms with Crippen molar-refractivity contribution >= 4 is 23.2 Å². The van der Waals surface area contributed by atoms with Gasteiger partial charge in [0.15, 0.2) is 0 Å². The molecule has 1 heterocycles. The molecule has 4 nitrogen and oxygen atoms in total. The van der Waals surface area contributed by atoms with E-state index in [-0.39, 0.29) is 11.8 Å². The van der Waals surface area contributed by atoms with E-state index in [4.69, 9.17) is 0 Å². The maximum Gasteiger partial charge on any atom is 0.259 e. The minimum Gasteiger partial charge on any atom is -0.324 e. The molecule has 1 atom stereocenters. The molecule has 128 valence electrons. The van der Waals surface area contributed by atoms with Crippen molar-refractivity contribution in [2.45, 2.75) is 32.7 Å². The number of hydrogen-bond donors (Lipinski definition) is 1. The molecule has 0 saturated heterocycles. The van der Waals surface area contributed by atoms with E-state index in [1.165, 1.54) is 10.5 Å². The predicted molar refractivity (Wildman–Crippen MR) is 100 cm³/mol. The fourth-order valence-electron chi connectivity index (χ4n) is 3.03. The Morgan fingerprint density at radius 2 is 1.60 bits per heavy atom. The van der Waals surface area contributed by atoms with E-state index in [0.29, 0.717) is 17.2 Å². The van der Waals surface area contributed by atoms with Crippen LogP contribution in [-0.2, 0) is 4.79 Å². The van der Waals surface area contributed by atoms with Crippen LogP contribution in [0.5, 0.6) is 0 Å². The number of nitrogens with zero attached hydrogens (tertiary/aromatic N) is 1. The Morgan fingerprint density at radius 1 is 1.00 bits per heavy atom. The van der Waals surface area contributed by atoms with E-state index in [9.17, 15) is 9.59 Å². The fourth-order valence-corrected chi connectivity index (χ4v) is 3.03. The smallest absolute Gasteiger partial charge is 0.259 e. The van der Waals surface area contributed by atoms with Gasteiger partial charge in [-0.25, -0.2) is 0 Å². The fraction of sp³-hybridized carbons (Fsp3) is 0.238. The number of anilines is 1. The van der Waals surface area contributed by atoms with Gasteiger partial charge in [0.1, 0.15) is 6.04 Å². The van der Waals surface area contributed by atoms with Gasteiger partial charge in [-0.3, -0.25) is 14.5 Å². The van der Waals surface area contributed by atoms with Crippen LogP contribution in [0, 0.1) is 0 Å². The molecule has 25 heavy (non-hydrogen) atoms. The lowest BCUT2D eigenvalue weighted by atomic mass is 10.0. The Hall–Kier alpha value is -2.88. The summed E-state index contributed by atoms with van der Waals surface area (Å²) in [6.07, 6.45) is 0. The molecular weight excluding hydrogens is 312 g/mol. The highest BCUT2D eigenvalue weighted by Gasteiger charge is 2.36. The second kappa shape index (κ2) is 6.55. The maximum absolute atomic E-state index is 12.6. The maximum atomic E-state index is 12.6. The number of nitrogens with one attached hydrogen (secondary N) is 1. The van der Waals surface area contributed by atoms with E-state index >= 15 is 0 Å². The summed E-state index contributed by atoms with van der Waals surface area (Å²) >= 11 is 0. The second-order valence-corrected chi connectivity index (χ2v) is 6.61. The molecule has 0 saturated carbocycles. The second-order valence-electron chi connectivity index (χ2n) is 6.61. The van der Waals surface area contributed by atoms with Gasteiger partial charge in [-0.05, 0) is 36.6 Å². The summed E-state index contributed by atoms with van der Waals surface area (Å²) in [4.78, 5) is 26.7. The van der Waals surface area contributed by atoms with Gasteiger partial charge in [-0.2, -0.15) is 0 Å². The van der Waals surface area contributed by atoms with Gasteiger partial charge >= 0.3 is 0 Å². The molecule has 4 heteroatoms. The van der Waals surface area contributed by atoms with Crippen molar-refractivity contribution in [1.29, 1.82) is 0 Å². The first-order chi connectivity index (χ1) is 11.9. The number of rotatable bonds is 4. The molecule has 0 unspecified atom stereocenters. The number of benzene rings is 2. The zero-order valence-corrected chi connectivity index (χ0v) is 14.7. The average Bonchev–Trinajstić information content (AvgIpc) is 2.86. The molecule has 0 spiro atoms. The molecule has 2 amide bonds. The zero-order chi connectivity index (χ0) is 18.1. The summed E-state index contributed by atoms with van der Waals surface area (Å²) in [5, 5.41) is 2.88. The minimum absolute atomic E-state index is 0.182. The Bertz CT molecular complexity index is 802. The molecule has 3 rings (SSSR count). The van der Waals surface area contributed by atoms with Gasteiger partial charge < -0.3 is 5.32 Å². The minimum atomic E-state index is -0.642. The van der Waals surface area contributed by atoms with Crippen molar-refractivity contribution in [2.24, 2.45) is 0 Å². The third-order valence-corrected chi connectivity index (χ3v) is 4.59. The van der Waals surface area contributed by atoms with Crippen molar-refractivity contribution in [2.75, 3.05) is 5.32 Å². The van der Waals surface area contributed by atoms with E-state index < -0.39 is 6.04 Å². The van der Waals surface area contributed by atoms with E-state index in [2.05, 4.69) is 25.7 Å². The average molecular weight is 334 g/mol. The van der Waals surface area contributed by atoms with Gasteiger partial charge in [0.05, 0.1) is 0 Å². The summed E-state index contributed by atoms with van der Waals surface area (Å²) in [5.41, 5.74) is 3.88. The van der Waals surface area contributed by atoms with Crippen LogP contribution in [0.1, 0.15) is 48.2 Å². The zero-order valence-electron chi connectivity index (χ0n) is 14.7. The predicted octanol–water partition coefficient (Wildman–Crippen LogP) is 4.26. The highest BCUT2D eigenvalue weighted by Crippen LogP contribution is 2.33. The van der Waals surface area contributed by atoms with Crippen molar-refractivity contribution in [3.05, 3.63) is 71.8 Å². The first-order valence-corrected chi connectivity index (χ1v) is 8.43. The lowest BCUT2D eigenvalue weighted by Crippen LogP contribution is -2.41. The highest BCUT2D eigenvalue weighted by molar-refractivity contribution is 6.11. The number of carbonyl (C=O) groups is 2. The standard InChI is InChI=1S/C21H22N2O2/c1-13(2)16-9-11-17(12-10-16)22-20(24)15(4)23-14(3)18-7-5-6-8-19(18)21(23)25/h5-13,15H,3H2,1-2,4H3,(H,22,24)/t15-/m0/s1. The van der Waals surface area contributed by atoms with Gasteiger partial charge in [-0.15, -0.1) is 0 Å². The molecule has 0 aliphatic carbocycles. The first kappa shape index (κ1) is 17.0. The van der Waals surface area contributed by atoms with Crippen molar-refractivity contribution in [1.82, 2.24) is 4.90 Å². The summed E-state index contributed by atoms with van der Waals surface area (Å²) in [5.74, 6) is 0.0192. The molecule has 0 aromatic heterocycles. The molecule has 2 aromatic rings. The molecule has 2 aromatic carbocycles. The number of carbonyl (C=O) groups excluding carboxylic acids is 2. The van der Waals surface area contributed by atoms with Gasteiger partial charge in [-0.1, -0.05) is 50.8 Å². The van der Waals surface area contributed by atoms with Crippen LogP contribution >= 0.6 is 0 Å². The number of fused-ring (bicyclic) bond motifs is 1. The van der Waals surface area contributed by atoms with Crippen LogP contribution in [0.15, 0.2) is 55.1 Å². The van der Waals surface area contributed by atoms with Crippen LogP contribution < -0.4 is 5.32 Å². The molecule has 0 fully saturated rings. The van der Waals surface area contributed by atoms with Crippen LogP contribution in [0.25, 0.3) is 5.70 Å². The van der Waals surface area contributed by atoms with Crippen molar-refractivity contribution < 1.29 is 9.59 Å². The third-order valence-electron chi connectivity index (χ3n) is 4.59. The lowest BCUT2D eigenvalue weighted by molar-refractivity contribution is -0.119. The van der Waals surface area contributed by atoms with Crippen molar-refractivity contribution in [3.63, 3.8) is 0 Å². The largest absolute Gasteiger partial charge is 0.324 e. The highest BCUT2D eigenvalue weighted by atomic mass is 16.2. The van der Waals surface area contributed by atoms with Crippen LogP contribution in [-0.4, -0.2) is 22.8 Å². The Balaban J connectivity index is 1.75. The number of amides is 2. The monoisotopic (exact) mass is 334 g/mol. The SMILES string of the molecule is C=C1c2ccccc2C(=O)N1[C@@H](C)C(=O)Nc1ccc(C(C)C)cc1. The lowest BCUT2D eigenvalue weighted by Gasteiger charge is -2.24. The summed E-state index contributed by atoms with van der Waals surface area (Å²) in [6, 6.07) is 14.4. The van der Waals surface area contributed by atoms with Gasteiger partial charge in [0.25, 0.3) is 5.91 Å². The Labute approximate surface area is 148 Å². The third kappa shape index (κ3) is 3.07. The van der Waals surface area contributed by atoms with E-state index in [0.717, 1.165) is 11.3 Å². The molecule has 1 aliphatic heterocycles. The quantitative estimate of drug-likeness (QED) is 0.908. The summed E-state index contributed by atoms with van der Waals surface area (Å²) in [7, 11) is 0. The van der Waals surface area contributed by atoms with Crippen LogP contribution in [0.2, 0.25) is 0 Å². The molecular formula is C21H22N2O2.